The molecule has 1 aromatic heterocycles. The van der Waals surface area contributed by atoms with Crippen LogP contribution in [0.5, 0.6) is 0 Å². The van der Waals surface area contributed by atoms with Gasteiger partial charge in [0.1, 0.15) is 0 Å². The van der Waals surface area contributed by atoms with Gasteiger partial charge in [0.15, 0.2) is 4.34 Å². The fraction of sp³-hybridized carbons (Fsp3) is 0.333. The fourth-order valence-corrected chi connectivity index (χ4v) is 2.29. The maximum atomic E-state index is 10.2. The fourth-order valence-electron chi connectivity index (χ4n) is 0.562. The van der Waals surface area contributed by atoms with E-state index in [9.17, 15) is 4.79 Å². The Morgan fingerprint density at radius 1 is 1.64 bits per heavy atom. The number of aromatic nitrogens is 1. The first-order valence-corrected chi connectivity index (χ1v) is 4.57. The molecule has 60 valence electrons. The first-order valence-electron chi connectivity index (χ1n) is 2.94. The number of carboxylic acid groups (broad SMARTS) is 1. The summed E-state index contributed by atoms with van der Waals surface area (Å²) in [5, 5.41) is 7.49. The van der Waals surface area contributed by atoms with E-state index in [0.717, 1.165) is 22.3 Å². The Morgan fingerprint density at radius 3 is 2.64 bits per heavy atom. The van der Waals surface area contributed by atoms with Crippen molar-refractivity contribution in [3.05, 3.63) is 10.6 Å². The molecule has 0 unspecified atom stereocenters. The molecule has 1 N–H and O–H groups in total. The van der Waals surface area contributed by atoms with Crippen LogP contribution in [0.25, 0.3) is 0 Å². The van der Waals surface area contributed by atoms with Crippen LogP contribution in [0.1, 0.15) is 10.6 Å². The number of nitrogens with zero attached hydrogens (tertiary/aromatic N) is 1. The Hall–Kier alpha value is -0.550. The number of aryl methyl sites for hydroxylation is 2. The summed E-state index contributed by atoms with van der Waals surface area (Å²) < 4.78 is 0.604. The lowest BCUT2D eigenvalue weighted by Crippen LogP contribution is -1.81. The van der Waals surface area contributed by atoms with Gasteiger partial charge in [-0.15, -0.1) is 11.3 Å². The van der Waals surface area contributed by atoms with Crippen molar-refractivity contribution in [1.29, 1.82) is 0 Å². The first-order chi connectivity index (χ1) is 5.09. The summed E-state index contributed by atoms with van der Waals surface area (Å²) in [6.07, 6.45) is 0. The topological polar surface area (TPSA) is 50.2 Å². The van der Waals surface area contributed by atoms with E-state index in [1.807, 2.05) is 13.8 Å². The Morgan fingerprint density at radius 2 is 2.27 bits per heavy atom. The van der Waals surface area contributed by atoms with Crippen LogP contribution >= 0.6 is 23.1 Å². The van der Waals surface area contributed by atoms with E-state index in [1.54, 1.807) is 0 Å². The highest BCUT2D eigenvalue weighted by Gasteiger charge is 2.07. The molecule has 0 spiro atoms. The largest absolute Gasteiger partial charge is 0.473 e. The Balaban J connectivity index is 2.81. The molecule has 1 heterocycles. The van der Waals surface area contributed by atoms with Crippen molar-refractivity contribution in [2.24, 2.45) is 0 Å². The highest BCUT2D eigenvalue weighted by Crippen LogP contribution is 2.26. The van der Waals surface area contributed by atoms with Gasteiger partial charge in [0.05, 0.1) is 5.69 Å². The van der Waals surface area contributed by atoms with Crippen LogP contribution < -0.4 is 0 Å². The molecular weight excluding hydrogens is 182 g/mol. The van der Waals surface area contributed by atoms with Gasteiger partial charge < -0.3 is 5.11 Å². The average molecular weight is 189 g/mol. The SMILES string of the molecule is Cc1nc(SC(=O)O)sc1C. The summed E-state index contributed by atoms with van der Waals surface area (Å²) in [6.45, 7) is 3.80. The second-order valence-electron chi connectivity index (χ2n) is 1.99. The molecule has 0 bridgehead atoms. The minimum Gasteiger partial charge on any atom is -0.473 e. The second-order valence-corrected chi connectivity index (χ2v) is 4.39. The Bertz CT molecular complexity index is 263. The van der Waals surface area contributed by atoms with Crippen LogP contribution in [0, 0.1) is 13.8 Å². The molecule has 0 fully saturated rings. The lowest BCUT2D eigenvalue weighted by atomic mass is 10.4. The van der Waals surface area contributed by atoms with Crippen LogP contribution in [0.15, 0.2) is 4.34 Å². The molecule has 0 aromatic carbocycles. The highest BCUT2D eigenvalue weighted by molar-refractivity contribution is 8.14. The van der Waals surface area contributed by atoms with Gasteiger partial charge in [0.25, 0.3) is 0 Å². The summed E-state index contributed by atoms with van der Waals surface area (Å²) in [6, 6.07) is 0. The molecule has 0 aliphatic rings. The summed E-state index contributed by atoms with van der Waals surface area (Å²) in [5.74, 6) is 0. The summed E-state index contributed by atoms with van der Waals surface area (Å²) in [4.78, 5) is 15.3. The van der Waals surface area contributed by atoms with Crippen LogP contribution in [-0.2, 0) is 0 Å². The smallest absolute Gasteiger partial charge is 0.372 e. The monoisotopic (exact) mass is 189 g/mol. The predicted molar refractivity (Wildman–Crippen MR) is 45.5 cm³/mol. The number of thioether (sulfide) groups is 1. The van der Waals surface area contributed by atoms with Crippen molar-refractivity contribution in [2.75, 3.05) is 0 Å². The Kier molecular flexibility index (Phi) is 2.51. The molecule has 0 aliphatic heterocycles. The molecule has 0 saturated heterocycles. The minimum atomic E-state index is -0.904. The quantitative estimate of drug-likeness (QED) is 0.690. The van der Waals surface area contributed by atoms with Crippen molar-refractivity contribution in [2.45, 2.75) is 18.2 Å². The average Bonchev–Trinajstić information content (AvgIpc) is 2.10. The predicted octanol–water partition coefficient (Wildman–Crippen LogP) is 2.53. The van der Waals surface area contributed by atoms with Crippen molar-refractivity contribution in [1.82, 2.24) is 4.98 Å². The molecule has 1 rings (SSSR count). The minimum absolute atomic E-state index is 0.604. The van der Waals surface area contributed by atoms with Crippen LogP contribution in [0.3, 0.4) is 0 Å². The molecule has 0 amide bonds. The summed E-state index contributed by atoms with van der Waals surface area (Å²) in [5.41, 5.74) is 0.916. The zero-order chi connectivity index (χ0) is 8.43. The molecule has 0 atom stereocenters. The van der Waals surface area contributed by atoms with Crippen LogP contribution in [0.4, 0.5) is 4.79 Å². The maximum Gasteiger partial charge on any atom is 0.372 e. The van der Waals surface area contributed by atoms with Gasteiger partial charge in [-0.1, -0.05) is 0 Å². The van der Waals surface area contributed by atoms with Gasteiger partial charge in [-0.3, -0.25) is 0 Å². The lowest BCUT2D eigenvalue weighted by Gasteiger charge is -1.83. The summed E-state index contributed by atoms with van der Waals surface area (Å²) in [7, 11) is 0. The van der Waals surface area contributed by atoms with E-state index in [-0.39, 0.29) is 0 Å². The van der Waals surface area contributed by atoms with Crippen molar-refractivity contribution in [3.63, 3.8) is 0 Å². The molecule has 0 radical (unpaired) electrons. The standard InChI is InChI=1S/C6H7NO2S2/c1-3-4(2)10-5(7-3)11-6(8)9/h1-2H3,(H,8,9). The number of thiazole rings is 1. The van der Waals surface area contributed by atoms with Crippen LogP contribution in [-0.4, -0.2) is 15.4 Å². The third-order valence-electron chi connectivity index (χ3n) is 1.18. The van der Waals surface area contributed by atoms with Gasteiger partial charge in [-0.2, -0.15) is 0 Å². The zero-order valence-electron chi connectivity index (χ0n) is 6.12. The molecule has 11 heavy (non-hydrogen) atoms. The Labute approximate surface area is 72.5 Å². The van der Waals surface area contributed by atoms with E-state index in [0.29, 0.717) is 4.34 Å². The van der Waals surface area contributed by atoms with Crippen molar-refractivity contribution >= 4 is 28.4 Å². The van der Waals surface area contributed by atoms with Gasteiger partial charge in [-0.05, 0) is 13.8 Å². The molecule has 3 nitrogen and oxygen atoms in total. The molecule has 1 aromatic rings. The van der Waals surface area contributed by atoms with E-state index in [1.165, 1.54) is 11.3 Å². The van der Waals surface area contributed by atoms with Crippen LogP contribution in [0.2, 0.25) is 0 Å². The lowest BCUT2D eigenvalue weighted by molar-refractivity contribution is 0.222. The third-order valence-corrected chi connectivity index (χ3v) is 2.99. The van der Waals surface area contributed by atoms with Gasteiger partial charge in [0.2, 0.25) is 0 Å². The number of rotatable bonds is 1. The van der Waals surface area contributed by atoms with Gasteiger partial charge in [-0.25, -0.2) is 9.78 Å². The molecular formula is C6H7NO2S2. The molecule has 0 saturated carbocycles. The van der Waals surface area contributed by atoms with Gasteiger partial charge in [0, 0.05) is 16.6 Å². The number of hydrogen-bond donors (Lipinski definition) is 1. The van der Waals surface area contributed by atoms with Crippen molar-refractivity contribution in [3.8, 4) is 0 Å². The van der Waals surface area contributed by atoms with Crippen molar-refractivity contribution < 1.29 is 9.90 Å². The van der Waals surface area contributed by atoms with E-state index in [2.05, 4.69) is 4.98 Å². The van der Waals surface area contributed by atoms with E-state index in [4.69, 9.17) is 5.11 Å². The number of hydrogen-bond acceptors (Lipinski definition) is 4. The van der Waals surface area contributed by atoms with Gasteiger partial charge >= 0.3 is 5.30 Å². The number of carbonyl (C=O) groups is 1. The van der Waals surface area contributed by atoms with E-state index >= 15 is 0 Å². The molecule has 0 aliphatic carbocycles. The third kappa shape index (κ3) is 2.20. The summed E-state index contributed by atoms with van der Waals surface area (Å²) >= 11 is 2.17. The normalized spacial score (nSPS) is 10.0. The second kappa shape index (κ2) is 3.23. The van der Waals surface area contributed by atoms with E-state index < -0.39 is 5.30 Å². The first kappa shape index (κ1) is 8.55. The zero-order valence-corrected chi connectivity index (χ0v) is 7.75. The maximum absolute atomic E-state index is 10.2. The highest BCUT2D eigenvalue weighted by atomic mass is 32.2. The molecule has 5 heteroatoms.